The largest absolute Gasteiger partial charge is 0.804 e. The predicted octanol–water partition coefficient (Wildman–Crippen LogP) is 3.96. The van der Waals surface area contributed by atoms with E-state index in [0.29, 0.717) is 24.6 Å². The van der Waals surface area contributed by atoms with Crippen LogP contribution < -0.4 is 0 Å². The fraction of sp³-hybridized carbons (Fsp3) is 0.500. The Labute approximate surface area is 94.6 Å². The molecule has 0 aliphatic heterocycles. The summed E-state index contributed by atoms with van der Waals surface area (Å²) >= 11 is 10.8. The smallest absolute Gasteiger partial charge is 0.231 e. The lowest BCUT2D eigenvalue weighted by Gasteiger charge is -1.82. The fourth-order valence-electron chi connectivity index (χ4n) is 0.472. The van der Waals surface area contributed by atoms with Gasteiger partial charge >= 0.3 is 8.25 Å². The van der Waals surface area contributed by atoms with Gasteiger partial charge in [-0.3, -0.25) is 0 Å². The van der Waals surface area contributed by atoms with E-state index in [2.05, 4.69) is 9.05 Å². The number of alkyl halides is 2. The third kappa shape index (κ3) is 9.85. The first kappa shape index (κ1) is 13.8. The van der Waals surface area contributed by atoms with Gasteiger partial charge in [0.1, 0.15) is 0 Å². The maximum atomic E-state index is 10.9. The Hall–Kier alpha value is -0.240. The number of allylic oxidation sites excluding steroid dienone is 2. The van der Waals surface area contributed by atoms with Crippen LogP contribution in [0, 0.1) is 0 Å². The van der Waals surface area contributed by atoms with Gasteiger partial charge in [-0.25, -0.2) is 9.05 Å². The maximum Gasteiger partial charge on any atom is 0.804 e. The zero-order chi connectivity index (χ0) is 10.6. The van der Waals surface area contributed by atoms with Crippen LogP contribution in [-0.2, 0) is 13.6 Å². The number of hydrogen-bond acceptors (Lipinski definition) is 3. The van der Waals surface area contributed by atoms with Crippen molar-refractivity contribution in [2.75, 3.05) is 11.8 Å². The quantitative estimate of drug-likeness (QED) is 0.375. The Kier molecular flexibility index (Phi) is 10.7. The average molecular weight is 258 g/mol. The van der Waals surface area contributed by atoms with E-state index >= 15 is 0 Å². The third-order valence-corrected chi connectivity index (χ3v) is 2.06. The standard InChI is InChI=1S/C8H12Cl2O3P/c9-5-1-3-7-12-14(11)13-8-4-2-6-10/h3-4,7-8H,1-2,5-6H2/q+1. The van der Waals surface area contributed by atoms with Crippen LogP contribution in [0.5, 0.6) is 0 Å². The Morgan fingerprint density at radius 2 is 1.43 bits per heavy atom. The number of hydrogen-bond donors (Lipinski definition) is 0. The van der Waals surface area contributed by atoms with Crippen LogP contribution in [0.3, 0.4) is 0 Å². The summed E-state index contributed by atoms with van der Waals surface area (Å²) in [4.78, 5) is 0. The van der Waals surface area contributed by atoms with Crippen molar-refractivity contribution < 1.29 is 13.6 Å². The molecule has 0 bridgehead atoms. The second-order valence-corrected chi connectivity index (χ2v) is 3.76. The molecule has 0 aromatic rings. The minimum atomic E-state index is -2.12. The van der Waals surface area contributed by atoms with Crippen molar-refractivity contribution >= 4 is 31.5 Å². The minimum absolute atomic E-state index is 0.507. The Balaban J connectivity index is 3.45. The van der Waals surface area contributed by atoms with Crippen molar-refractivity contribution in [3.05, 3.63) is 24.7 Å². The van der Waals surface area contributed by atoms with Crippen LogP contribution in [-0.4, -0.2) is 11.8 Å². The van der Waals surface area contributed by atoms with Crippen molar-refractivity contribution in [2.45, 2.75) is 12.8 Å². The molecule has 3 nitrogen and oxygen atoms in total. The van der Waals surface area contributed by atoms with Crippen molar-refractivity contribution in [3.63, 3.8) is 0 Å². The van der Waals surface area contributed by atoms with E-state index in [-0.39, 0.29) is 0 Å². The summed E-state index contributed by atoms with van der Waals surface area (Å²) in [5.41, 5.74) is 0. The van der Waals surface area contributed by atoms with Crippen LogP contribution in [0.4, 0.5) is 0 Å². The molecule has 80 valence electrons. The molecular weight excluding hydrogens is 246 g/mol. The summed E-state index contributed by atoms with van der Waals surface area (Å²) < 4.78 is 20.3. The van der Waals surface area contributed by atoms with E-state index in [9.17, 15) is 4.57 Å². The molecule has 0 aliphatic carbocycles. The molecule has 0 N–H and O–H groups in total. The van der Waals surface area contributed by atoms with Crippen LogP contribution >= 0.6 is 31.5 Å². The van der Waals surface area contributed by atoms with E-state index in [1.165, 1.54) is 12.5 Å². The topological polar surface area (TPSA) is 35.5 Å². The molecule has 0 atom stereocenters. The first-order chi connectivity index (χ1) is 6.81. The van der Waals surface area contributed by atoms with E-state index < -0.39 is 8.25 Å². The van der Waals surface area contributed by atoms with Crippen LogP contribution in [0.1, 0.15) is 12.8 Å². The molecular formula is C8H12Cl2O3P+. The van der Waals surface area contributed by atoms with Gasteiger partial charge in [0.2, 0.25) is 0 Å². The molecule has 0 aromatic carbocycles. The first-order valence-corrected chi connectivity index (χ1v) is 6.20. The van der Waals surface area contributed by atoms with Gasteiger partial charge in [-0.05, 0) is 25.0 Å². The highest BCUT2D eigenvalue weighted by Gasteiger charge is 2.16. The maximum absolute atomic E-state index is 10.9. The third-order valence-electron chi connectivity index (χ3n) is 1.04. The second-order valence-electron chi connectivity index (χ2n) is 2.13. The summed E-state index contributed by atoms with van der Waals surface area (Å²) in [5, 5.41) is 0. The molecule has 0 aliphatic rings. The number of halogens is 2. The Bertz CT molecular complexity index is 187. The van der Waals surface area contributed by atoms with E-state index in [1.807, 2.05) is 0 Å². The lowest BCUT2D eigenvalue weighted by atomic mass is 10.5. The highest BCUT2D eigenvalue weighted by molar-refractivity contribution is 7.33. The summed E-state index contributed by atoms with van der Waals surface area (Å²) in [7, 11) is -2.12. The summed E-state index contributed by atoms with van der Waals surface area (Å²) in [5.74, 6) is 1.01. The fourth-order valence-corrected chi connectivity index (χ4v) is 1.14. The molecule has 0 heterocycles. The normalized spacial score (nSPS) is 12.3. The molecule has 6 heteroatoms. The minimum Gasteiger partial charge on any atom is -0.231 e. The van der Waals surface area contributed by atoms with Gasteiger partial charge in [-0.1, -0.05) is 0 Å². The van der Waals surface area contributed by atoms with Gasteiger partial charge in [-0.2, -0.15) is 0 Å². The van der Waals surface area contributed by atoms with Crippen LogP contribution in [0.25, 0.3) is 0 Å². The van der Waals surface area contributed by atoms with Gasteiger partial charge in [0.25, 0.3) is 0 Å². The van der Waals surface area contributed by atoms with E-state index in [4.69, 9.17) is 23.2 Å². The monoisotopic (exact) mass is 257 g/mol. The molecule has 0 amide bonds. The molecule has 0 saturated carbocycles. The average Bonchev–Trinajstić information content (AvgIpc) is 2.19. The molecule has 0 spiro atoms. The highest BCUT2D eigenvalue weighted by atomic mass is 35.5. The molecule has 0 fully saturated rings. The Morgan fingerprint density at radius 1 is 1.00 bits per heavy atom. The van der Waals surface area contributed by atoms with Crippen molar-refractivity contribution in [2.24, 2.45) is 0 Å². The summed E-state index contributed by atoms with van der Waals surface area (Å²) in [6.45, 7) is 0. The zero-order valence-electron chi connectivity index (χ0n) is 7.57. The summed E-state index contributed by atoms with van der Waals surface area (Å²) in [6, 6.07) is 0. The van der Waals surface area contributed by atoms with Gasteiger partial charge < -0.3 is 0 Å². The molecule has 0 aromatic heterocycles. The van der Waals surface area contributed by atoms with Gasteiger partial charge in [0.05, 0.1) is 0 Å². The predicted molar refractivity (Wildman–Crippen MR) is 58.7 cm³/mol. The molecule has 0 unspecified atom stereocenters. The first-order valence-electron chi connectivity index (χ1n) is 4.04. The van der Waals surface area contributed by atoms with Crippen molar-refractivity contribution in [1.29, 1.82) is 0 Å². The highest BCUT2D eigenvalue weighted by Crippen LogP contribution is 2.24. The zero-order valence-corrected chi connectivity index (χ0v) is 9.97. The van der Waals surface area contributed by atoms with E-state index in [0.717, 1.165) is 0 Å². The van der Waals surface area contributed by atoms with Crippen molar-refractivity contribution in [3.8, 4) is 0 Å². The van der Waals surface area contributed by atoms with Gasteiger partial charge in [-0.15, -0.1) is 23.2 Å². The molecule has 14 heavy (non-hydrogen) atoms. The van der Waals surface area contributed by atoms with Crippen LogP contribution in [0.2, 0.25) is 0 Å². The molecule has 0 saturated heterocycles. The Morgan fingerprint density at radius 3 is 1.79 bits per heavy atom. The van der Waals surface area contributed by atoms with Gasteiger partial charge in [0, 0.05) is 16.3 Å². The van der Waals surface area contributed by atoms with E-state index in [1.54, 1.807) is 12.2 Å². The molecule has 0 radical (unpaired) electrons. The summed E-state index contributed by atoms with van der Waals surface area (Å²) in [6.07, 6.45) is 7.32. The lowest BCUT2D eigenvalue weighted by molar-refractivity contribution is 0.354. The van der Waals surface area contributed by atoms with Crippen LogP contribution in [0.15, 0.2) is 24.7 Å². The second kappa shape index (κ2) is 10.8. The number of rotatable bonds is 8. The SMILES string of the molecule is O=[P+](OC=CCCCl)OC=CCCCl. The lowest BCUT2D eigenvalue weighted by Crippen LogP contribution is -1.72. The van der Waals surface area contributed by atoms with Crippen molar-refractivity contribution in [1.82, 2.24) is 0 Å². The molecule has 0 rings (SSSR count). The van der Waals surface area contributed by atoms with Gasteiger partial charge in [0.15, 0.2) is 12.5 Å².